The Balaban J connectivity index is 0.00000192. The van der Waals surface area contributed by atoms with Crippen LogP contribution in [-0.4, -0.2) is 50.9 Å². The van der Waals surface area contributed by atoms with E-state index in [2.05, 4.69) is 10.6 Å². The van der Waals surface area contributed by atoms with Crippen molar-refractivity contribution >= 4 is 39.7 Å². The van der Waals surface area contributed by atoms with Crippen LogP contribution in [0.2, 0.25) is 0 Å². The molecule has 1 aromatic rings. The first-order chi connectivity index (χ1) is 10.6. The second kappa shape index (κ2) is 7.94. The van der Waals surface area contributed by atoms with Gasteiger partial charge in [0.15, 0.2) is 0 Å². The Morgan fingerprint density at radius 1 is 1.30 bits per heavy atom. The average molecular weight is 380 g/mol. The number of thiophene rings is 1. The van der Waals surface area contributed by atoms with E-state index >= 15 is 0 Å². The fourth-order valence-corrected chi connectivity index (χ4v) is 5.78. The van der Waals surface area contributed by atoms with Crippen LogP contribution in [0.15, 0.2) is 16.3 Å². The van der Waals surface area contributed by atoms with Crippen LogP contribution in [-0.2, 0) is 10.0 Å². The fraction of sp³-hybridized carbons (Fsp3) is 0.643. The van der Waals surface area contributed by atoms with Gasteiger partial charge in [0.05, 0.1) is 0 Å². The molecule has 2 saturated heterocycles. The van der Waals surface area contributed by atoms with Gasteiger partial charge in [0.2, 0.25) is 10.0 Å². The van der Waals surface area contributed by atoms with Crippen molar-refractivity contribution < 1.29 is 13.2 Å². The lowest BCUT2D eigenvalue weighted by Crippen LogP contribution is -2.45. The predicted molar refractivity (Wildman–Crippen MR) is 92.9 cm³/mol. The number of sulfonamides is 1. The van der Waals surface area contributed by atoms with E-state index in [4.69, 9.17) is 0 Å². The second-order valence-electron chi connectivity index (χ2n) is 5.74. The Labute approximate surface area is 147 Å². The molecule has 23 heavy (non-hydrogen) atoms. The van der Waals surface area contributed by atoms with Crippen LogP contribution in [0.4, 0.5) is 0 Å². The topological polar surface area (TPSA) is 78.5 Å². The number of carbonyl (C=O) groups excluding carboxylic acids is 1. The van der Waals surface area contributed by atoms with Crippen molar-refractivity contribution in [2.24, 2.45) is 0 Å². The molecule has 3 rings (SSSR count). The summed E-state index contributed by atoms with van der Waals surface area (Å²) in [6.07, 6.45) is 3.73. The molecule has 1 unspecified atom stereocenters. The van der Waals surface area contributed by atoms with Crippen LogP contribution < -0.4 is 10.6 Å². The second-order valence-corrected chi connectivity index (χ2v) is 8.56. The van der Waals surface area contributed by atoms with Crippen LogP contribution in [0.25, 0.3) is 0 Å². The number of piperidine rings is 1. The van der Waals surface area contributed by atoms with E-state index in [1.165, 1.54) is 15.6 Å². The fourth-order valence-electron chi connectivity index (χ4n) is 2.96. The molecule has 2 N–H and O–H groups in total. The minimum atomic E-state index is -3.54. The molecule has 0 saturated carbocycles. The molecule has 0 aliphatic carbocycles. The molecule has 6 nitrogen and oxygen atoms in total. The van der Waals surface area contributed by atoms with Gasteiger partial charge in [0.1, 0.15) is 9.77 Å². The van der Waals surface area contributed by atoms with Gasteiger partial charge in [-0.15, -0.1) is 23.7 Å². The number of nitrogens with zero attached hydrogens (tertiary/aromatic N) is 1. The van der Waals surface area contributed by atoms with Gasteiger partial charge in [-0.1, -0.05) is 0 Å². The molecule has 0 aromatic carbocycles. The zero-order valence-electron chi connectivity index (χ0n) is 12.8. The Kier molecular flexibility index (Phi) is 6.44. The lowest BCUT2D eigenvalue weighted by atomic mass is 10.1. The lowest BCUT2D eigenvalue weighted by molar-refractivity contribution is 0.0931. The number of halogens is 1. The van der Waals surface area contributed by atoms with Gasteiger partial charge >= 0.3 is 0 Å². The van der Waals surface area contributed by atoms with Crippen LogP contribution in [0.3, 0.4) is 0 Å². The van der Waals surface area contributed by atoms with Crippen molar-refractivity contribution in [3.05, 3.63) is 16.3 Å². The maximum Gasteiger partial charge on any atom is 0.263 e. The largest absolute Gasteiger partial charge is 0.347 e. The molecule has 2 fully saturated rings. The normalized spacial score (nSPS) is 22.5. The third-order valence-electron chi connectivity index (χ3n) is 4.15. The van der Waals surface area contributed by atoms with E-state index in [0.717, 1.165) is 38.8 Å². The van der Waals surface area contributed by atoms with Crippen LogP contribution in [0.1, 0.15) is 35.4 Å². The Bertz CT molecular complexity index is 635. The van der Waals surface area contributed by atoms with Gasteiger partial charge < -0.3 is 10.6 Å². The number of hydrogen-bond acceptors (Lipinski definition) is 5. The average Bonchev–Trinajstić information content (AvgIpc) is 3.20. The minimum absolute atomic E-state index is 0. The Hall–Kier alpha value is -0.670. The van der Waals surface area contributed by atoms with Crippen molar-refractivity contribution in [2.45, 2.75) is 36.6 Å². The van der Waals surface area contributed by atoms with Crippen LogP contribution in [0.5, 0.6) is 0 Å². The van der Waals surface area contributed by atoms with Gasteiger partial charge in [-0.3, -0.25) is 4.79 Å². The maximum absolute atomic E-state index is 12.7. The number of rotatable bonds is 4. The molecule has 1 aromatic heterocycles. The molecular formula is C14H22ClN3O3S2. The van der Waals surface area contributed by atoms with Gasteiger partial charge in [0.25, 0.3) is 5.91 Å². The third kappa shape index (κ3) is 4.06. The van der Waals surface area contributed by atoms with E-state index < -0.39 is 10.0 Å². The molecule has 0 spiro atoms. The Morgan fingerprint density at radius 2 is 2.04 bits per heavy atom. The zero-order valence-corrected chi connectivity index (χ0v) is 15.2. The lowest BCUT2D eigenvalue weighted by Gasteiger charge is -2.24. The van der Waals surface area contributed by atoms with Crippen molar-refractivity contribution in [2.75, 3.05) is 26.2 Å². The summed E-state index contributed by atoms with van der Waals surface area (Å²) in [6.45, 7) is 2.81. The first-order valence-electron chi connectivity index (χ1n) is 7.68. The quantitative estimate of drug-likeness (QED) is 0.829. The molecule has 2 aliphatic rings. The summed E-state index contributed by atoms with van der Waals surface area (Å²) in [7, 11) is -3.54. The third-order valence-corrected chi connectivity index (χ3v) is 7.13. The highest BCUT2D eigenvalue weighted by Crippen LogP contribution is 2.27. The SMILES string of the molecule is Cl.O=C(NC1CCCNC1)c1sccc1S(=O)(=O)N1CCCC1. The highest BCUT2D eigenvalue weighted by molar-refractivity contribution is 7.89. The summed E-state index contributed by atoms with van der Waals surface area (Å²) in [5, 5.41) is 7.87. The van der Waals surface area contributed by atoms with Crippen molar-refractivity contribution in [1.82, 2.24) is 14.9 Å². The minimum Gasteiger partial charge on any atom is -0.347 e. The highest BCUT2D eigenvalue weighted by atomic mass is 35.5. The summed E-state index contributed by atoms with van der Waals surface area (Å²) < 4.78 is 26.8. The summed E-state index contributed by atoms with van der Waals surface area (Å²) in [5.41, 5.74) is 0. The van der Waals surface area contributed by atoms with Gasteiger partial charge in [-0.2, -0.15) is 4.31 Å². The van der Waals surface area contributed by atoms with E-state index in [0.29, 0.717) is 18.0 Å². The van der Waals surface area contributed by atoms with Crippen LogP contribution >= 0.6 is 23.7 Å². The summed E-state index contributed by atoms with van der Waals surface area (Å²) >= 11 is 1.19. The smallest absolute Gasteiger partial charge is 0.263 e. The predicted octanol–water partition coefficient (Wildman–Crippen LogP) is 1.44. The Morgan fingerprint density at radius 3 is 2.70 bits per heavy atom. The van der Waals surface area contributed by atoms with Gasteiger partial charge in [-0.25, -0.2) is 8.42 Å². The standard InChI is InChI=1S/C14H21N3O3S2.ClH/c18-14(16-11-4-3-6-15-10-11)13-12(5-9-21-13)22(19,20)17-7-1-2-8-17;/h5,9,11,15H,1-4,6-8,10H2,(H,16,18);1H. The molecule has 130 valence electrons. The molecule has 2 aliphatic heterocycles. The molecule has 0 radical (unpaired) electrons. The number of carbonyl (C=O) groups is 1. The first kappa shape index (κ1) is 18.7. The highest BCUT2D eigenvalue weighted by Gasteiger charge is 2.32. The van der Waals surface area contributed by atoms with E-state index in [1.54, 1.807) is 11.4 Å². The van der Waals surface area contributed by atoms with Crippen molar-refractivity contribution in [3.8, 4) is 0 Å². The van der Waals surface area contributed by atoms with Crippen LogP contribution in [0, 0.1) is 0 Å². The van der Waals surface area contributed by atoms with Crippen molar-refractivity contribution in [3.63, 3.8) is 0 Å². The molecular weight excluding hydrogens is 358 g/mol. The molecule has 0 bridgehead atoms. The first-order valence-corrected chi connectivity index (χ1v) is 10.0. The van der Waals surface area contributed by atoms with E-state index in [9.17, 15) is 13.2 Å². The van der Waals surface area contributed by atoms with Gasteiger partial charge in [0, 0.05) is 25.7 Å². The maximum atomic E-state index is 12.7. The number of amides is 1. The summed E-state index contributed by atoms with van der Waals surface area (Å²) in [4.78, 5) is 12.9. The van der Waals surface area contributed by atoms with Crippen molar-refractivity contribution in [1.29, 1.82) is 0 Å². The monoisotopic (exact) mass is 379 g/mol. The zero-order chi connectivity index (χ0) is 15.6. The number of nitrogens with one attached hydrogen (secondary N) is 2. The van der Waals surface area contributed by atoms with Gasteiger partial charge in [-0.05, 0) is 43.7 Å². The number of hydrogen-bond donors (Lipinski definition) is 2. The molecule has 1 amide bonds. The summed E-state index contributed by atoms with van der Waals surface area (Å²) in [6, 6.07) is 1.62. The van der Waals surface area contributed by atoms with E-state index in [1.807, 2.05) is 0 Å². The molecule has 9 heteroatoms. The summed E-state index contributed by atoms with van der Waals surface area (Å²) in [5.74, 6) is -0.276. The van der Waals surface area contributed by atoms with E-state index in [-0.39, 0.29) is 29.3 Å². The molecule has 3 heterocycles. The molecule has 1 atom stereocenters.